The van der Waals surface area contributed by atoms with E-state index >= 15 is 0 Å². The zero-order valence-electron chi connectivity index (χ0n) is 66.0. The molecule has 1 aromatic carbocycles. The molecule has 1 aliphatic rings. The van der Waals surface area contributed by atoms with Gasteiger partial charge in [0.25, 0.3) is 0 Å². The minimum atomic E-state index is -2.77. The molecule has 0 aromatic heterocycles. The number of esters is 6. The standard InChI is InChI=1S/C64H109N8O15.3C4H9.Sn/c1-59(2,3)82-52(75)31-30-49(57(80)87-64(16,17)18)67-58(81)66-48(56(79)86-63(13,14)15)28-23-25-33-72(42-47-26-20-19-21-27-47)51(74)29-22-24-32-65-50(73)43-68-34-36-69(44-53(76)83-60(4,5)6)38-40-71(46-55(78)85-62(10,11)12)41-39-70(37-35-68)45-54(77)84-61(7,8)9;3*1-3-4-2;/h20-21,26-27,48-49H,22-25,28-46H2,1-18H3,(H,65,73)(H2,66,67,81);3*1,3-4H2,2H3;/t48-,49-;;;;/m0..../s1. The molecule has 23 nitrogen and oxygen atoms in total. The van der Waals surface area contributed by atoms with E-state index in [1.54, 1.807) is 65.9 Å². The van der Waals surface area contributed by atoms with Crippen molar-refractivity contribution in [3.63, 3.8) is 0 Å². The number of benzene rings is 1. The molecule has 0 spiro atoms. The van der Waals surface area contributed by atoms with Crippen LogP contribution >= 0.6 is 0 Å². The average molecular weight is 1520 g/mol. The van der Waals surface area contributed by atoms with Gasteiger partial charge in [0.2, 0.25) is 5.91 Å². The van der Waals surface area contributed by atoms with Crippen LogP contribution in [0.15, 0.2) is 24.3 Å². The molecule has 1 aliphatic heterocycles. The maximum absolute atomic E-state index is 14.6. The van der Waals surface area contributed by atoms with Gasteiger partial charge in [0.1, 0.15) is 39.6 Å². The van der Waals surface area contributed by atoms with Crippen molar-refractivity contribution < 1.29 is 71.6 Å². The summed E-state index contributed by atoms with van der Waals surface area (Å²) in [5, 5.41) is 8.46. The van der Waals surface area contributed by atoms with Gasteiger partial charge in [0.05, 0.1) is 26.2 Å². The van der Waals surface area contributed by atoms with E-state index in [2.05, 4.69) is 61.0 Å². The molecule has 574 valence electrons. The second kappa shape index (κ2) is 43.9. The molecule has 1 aromatic rings. The van der Waals surface area contributed by atoms with E-state index in [1.807, 2.05) is 86.8 Å². The predicted octanol–water partition coefficient (Wildman–Crippen LogP) is 10.6. The first-order valence-electron chi connectivity index (χ1n) is 37.2. The topological polar surface area (TPSA) is 261 Å². The van der Waals surface area contributed by atoms with Gasteiger partial charge >= 0.3 is 257 Å². The van der Waals surface area contributed by atoms with Crippen molar-refractivity contribution in [1.29, 1.82) is 0 Å². The molecule has 100 heavy (non-hydrogen) atoms. The molecule has 2 rings (SSSR count). The number of nitrogens with zero attached hydrogens (tertiary/aromatic N) is 5. The van der Waals surface area contributed by atoms with Gasteiger partial charge in [-0.05, 0) is 131 Å². The Bertz CT molecular complexity index is 2600. The molecule has 0 unspecified atom stereocenters. The van der Waals surface area contributed by atoms with E-state index in [1.165, 1.54) is 51.8 Å². The molecule has 3 N–H and O–H groups in total. The second-order valence-electron chi connectivity index (χ2n) is 33.2. The average Bonchev–Trinajstić information content (AvgIpc) is 0.809. The summed E-state index contributed by atoms with van der Waals surface area (Å²) in [7, 11) is 0. The van der Waals surface area contributed by atoms with Crippen LogP contribution in [-0.4, -0.2) is 234 Å². The summed E-state index contributed by atoms with van der Waals surface area (Å²) in [4.78, 5) is 132. The molecular formula is C76H136N8O15Sn. The van der Waals surface area contributed by atoms with E-state index in [9.17, 15) is 43.2 Å². The van der Waals surface area contributed by atoms with Gasteiger partial charge in [-0.1, -0.05) is 0 Å². The Morgan fingerprint density at radius 2 is 0.790 bits per heavy atom. The van der Waals surface area contributed by atoms with Gasteiger partial charge in [-0.15, -0.1) is 0 Å². The van der Waals surface area contributed by atoms with Crippen molar-refractivity contribution >= 4 is 75.6 Å². The summed E-state index contributed by atoms with van der Waals surface area (Å²) in [6.07, 6.45) is 9.21. The number of unbranched alkanes of at least 4 members (excludes halogenated alkanes) is 5. The van der Waals surface area contributed by atoms with Crippen molar-refractivity contribution in [1.82, 2.24) is 40.4 Å². The number of ether oxygens (including phenoxy) is 6. The zero-order chi connectivity index (χ0) is 75.7. The fraction of sp³-hybridized carbons (Fsp3) is 0.803. The first-order chi connectivity index (χ1) is 46.3. The summed E-state index contributed by atoms with van der Waals surface area (Å²) in [6, 6.07) is 5.92. The van der Waals surface area contributed by atoms with Crippen LogP contribution in [0, 0.1) is 0 Å². The summed E-state index contributed by atoms with van der Waals surface area (Å²) >= 11 is -2.77. The van der Waals surface area contributed by atoms with Crippen LogP contribution in [0.3, 0.4) is 0 Å². The molecule has 24 heteroatoms. The van der Waals surface area contributed by atoms with E-state index in [0.29, 0.717) is 97.7 Å². The fourth-order valence-corrected chi connectivity index (χ4v) is 27.6. The van der Waals surface area contributed by atoms with E-state index in [0.717, 1.165) is 5.56 Å². The van der Waals surface area contributed by atoms with Crippen LogP contribution in [0.2, 0.25) is 13.3 Å². The zero-order valence-corrected chi connectivity index (χ0v) is 68.8. The Morgan fingerprint density at radius 3 is 1.16 bits per heavy atom. The molecule has 2 atom stereocenters. The normalized spacial score (nSPS) is 15.4. The quantitative estimate of drug-likeness (QED) is 0.0242. The van der Waals surface area contributed by atoms with E-state index in [4.69, 9.17) is 28.4 Å². The molecule has 1 fully saturated rings. The van der Waals surface area contributed by atoms with Crippen LogP contribution < -0.4 is 19.5 Å². The Morgan fingerprint density at radius 1 is 0.430 bits per heavy atom. The number of carbonyl (C=O) groups is 9. The third-order valence-electron chi connectivity index (χ3n) is 16.3. The number of urea groups is 1. The number of hydrogen-bond donors (Lipinski definition) is 3. The molecule has 0 saturated carbocycles. The van der Waals surface area contributed by atoms with Gasteiger partial charge in [-0.25, -0.2) is 14.4 Å². The van der Waals surface area contributed by atoms with E-state index in [-0.39, 0.29) is 69.6 Å². The Balaban J connectivity index is 2.44. The molecule has 0 bridgehead atoms. The molecule has 1 saturated heterocycles. The van der Waals surface area contributed by atoms with Gasteiger partial charge in [-0.3, -0.25) is 43.6 Å². The predicted molar refractivity (Wildman–Crippen MR) is 396 cm³/mol. The van der Waals surface area contributed by atoms with Gasteiger partial charge in [0, 0.05) is 58.8 Å². The third kappa shape index (κ3) is 42.5. The Labute approximate surface area is 606 Å². The van der Waals surface area contributed by atoms with Crippen molar-refractivity contribution in [2.24, 2.45) is 0 Å². The third-order valence-corrected chi connectivity index (χ3v) is 32.0. The number of rotatable bonds is 37. The number of nitrogens with one attached hydrogen (secondary N) is 3. The summed E-state index contributed by atoms with van der Waals surface area (Å²) in [6.45, 7) is 43.0. The van der Waals surface area contributed by atoms with Crippen molar-refractivity contribution in [2.75, 3.05) is 91.6 Å². The number of amides is 4. The van der Waals surface area contributed by atoms with Crippen LogP contribution in [-0.2, 0) is 73.3 Å². The van der Waals surface area contributed by atoms with Gasteiger partial charge in [-0.2, -0.15) is 0 Å². The molecule has 0 aliphatic carbocycles. The van der Waals surface area contributed by atoms with Crippen LogP contribution in [0.25, 0.3) is 0 Å². The van der Waals surface area contributed by atoms with Crippen LogP contribution in [0.1, 0.15) is 241 Å². The first-order valence-corrected chi connectivity index (χ1v) is 44.7. The second-order valence-corrected chi connectivity index (χ2v) is 46.4. The summed E-state index contributed by atoms with van der Waals surface area (Å²) in [5.74, 6) is -3.41. The monoisotopic (exact) mass is 1520 g/mol. The van der Waals surface area contributed by atoms with Crippen molar-refractivity contribution in [2.45, 2.75) is 301 Å². The molecule has 4 amide bonds. The van der Waals surface area contributed by atoms with E-state index < -0.39 is 99.9 Å². The fourth-order valence-electron chi connectivity index (χ4n) is 11.7. The van der Waals surface area contributed by atoms with Crippen molar-refractivity contribution in [3.05, 3.63) is 29.8 Å². The van der Waals surface area contributed by atoms with Crippen LogP contribution in [0.5, 0.6) is 0 Å². The molecule has 0 radical (unpaired) electrons. The van der Waals surface area contributed by atoms with Gasteiger partial charge < -0.3 is 33.7 Å². The Kier molecular flexibility index (Phi) is 39.9. The Hall–Kier alpha value is -5.11. The summed E-state index contributed by atoms with van der Waals surface area (Å²) < 4.78 is 39.6. The SMILES string of the molecule is CCC[CH2][Sn]([CH2]CCC)([CH2]CCC)[c]1ccc(CN(CCCC[C@H](NC(=O)N[C@@H](CCC(=O)OC(C)(C)C)C(=O)OC(C)(C)C)C(=O)OC(C)(C)C)C(=O)CCCCNC(=O)CN2CCN(CC(=O)OC(C)(C)C)CCN(CC(=O)OC(C)(C)C)CCN(CC(=O)OC(C)(C)C)CC2)cc1. The summed E-state index contributed by atoms with van der Waals surface area (Å²) in [5.41, 5.74) is -3.62. The first kappa shape index (κ1) is 91.0. The maximum atomic E-state index is 14.6. The minimum absolute atomic E-state index is 0.000830. The number of carbonyl (C=O) groups excluding carboxylic acids is 9. The molecule has 1 heterocycles. The number of hydrogen-bond acceptors (Lipinski definition) is 19. The molecular weight excluding hydrogens is 1380 g/mol. The van der Waals surface area contributed by atoms with Crippen LogP contribution in [0.4, 0.5) is 4.79 Å². The van der Waals surface area contributed by atoms with Gasteiger partial charge in [0.15, 0.2) is 0 Å². The van der Waals surface area contributed by atoms with Crippen molar-refractivity contribution in [3.8, 4) is 0 Å².